The van der Waals surface area contributed by atoms with Crippen LogP contribution in [0.15, 0.2) is 36.8 Å². The van der Waals surface area contributed by atoms with Crippen LogP contribution in [0, 0.1) is 0 Å². The van der Waals surface area contributed by atoms with Gasteiger partial charge in [-0.2, -0.15) is 13.2 Å². The zero-order chi connectivity index (χ0) is 13.3. The van der Waals surface area contributed by atoms with Crippen molar-refractivity contribution in [3.05, 3.63) is 42.4 Å². The standard InChI is InChI=1S/C13H13F3N2/c1-9(2)18-8-17-7-12(18)10-4-3-5-11(6-10)13(14,15)16/h3-9H,1-2H3. The maximum Gasteiger partial charge on any atom is 0.416 e. The quantitative estimate of drug-likeness (QED) is 0.787. The van der Waals surface area contributed by atoms with E-state index in [1.54, 1.807) is 18.6 Å². The van der Waals surface area contributed by atoms with Gasteiger partial charge >= 0.3 is 6.18 Å². The summed E-state index contributed by atoms with van der Waals surface area (Å²) in [6.07, 6.45) is -1.12. The van der Waals surface area contributed by atoms with Gasteiger partial charge in [0, 0.05) is 11.6 Å². The molecule has 0 fully saturated rings. The van der Waals surface area contributed by atoms with Gasteiger partial charge in [-0.1, -0.05) is 12.1 Å². The molecule has 0 saturated heterocycles. The fraction of sp³-hybridized carbons (Fsp3) is 0.308. The highest BCUT2D eigenvalue weighted by molar-refractivity contribution is 5.60. The summed E-state index contributed by atoms with van der Waals surface area (Å²) >= 11 is 0. The molecule has 2 nitrogen and oxygen atoms in total. The van der Waals surface area contributed by atoms with Crippen LogP contribution >= 0.6 is 0 Å². The van der Waals surface area contributed by atoms with Crippen LogP contribution in [0.1, 0.15) is 25.5 Å². The van der Waals surface area contributed by atoms with Gasteiger partial charge in [0.1, 0.15) is 0 Å². The number of hydrogen-bond donors (Lipinski definition) is 0. The van der Waals surface area contributed by atoms with E-state index < -0.39 is 11.7 Å². The third-order valence-electron chi connectivity index (χ3n) is 2.71. The minimum atomic E-state index is -4.32. The molecule has 0 saturated carbocycles. The van der Waals surface area contributed by atoms with Crippen LogP contribution in [0.25, 0.3) is 11.3 Å². The summed E-state index contributed by atoms with van der Waals surface area (Å²) in [6.45, 7) is 3.91. The molecule has 0 aliphatic carbocycles. The molecule has 1 aromatic carbocycles. The van der Waals surface area contributed by atoms with Crippen LogP contribution in [-0.2, 0) is 6.18 Å². The van der Waals surface area contributed by atoms with Crippen molar-refractivity contribution in [2.24, 2.45) is 0 Å². The second-order valence-electron chi connectivity index (χ2n) is 4.36. The van der Waals surface area contributed by atoms with E-state index in [9.17, 15) is 13.2 Å². The molecule has 0 atom stereocenters. The molecule has 0 aliphatic heterocycles. The predicted molar refractivity (Wildman–Crippen MR) is 63.1 cm³/mol. The molecule has 1 heterocycles. The summed E-state index contributed by atoms with van der Waals surface area (Å²) < 4.78 is 39.8. The van der Waals surface area contributed by atoms with E-state index in [-0.39, 0.29) is 6.04 Å². The molecule has 0 bridgehead atoms. The van der Waals surface area contributed by atoms with Gasteiger partial charge in [-0.15, -0.1) is 0 Å². The Balaban J connectivity index is 2.48. The average Bonchev–Trinajstić information content (AvgIpc) is 2.77. The van der Waals surface area contributed by atoms with Gasteiger partial charge in [0.15, 0.2) is 0 Å². The zero-order valence-corrected chi connectivity index (χ0v) is 10.1. The summed E-state index contributed by atoms with van der Waals surface area (Å²) in [5.74, 6) is 0. The van der Waals surface area contributed by atoms with Crippen molar-refractivity contribution < 1.29 is 13.2 Å². The number of hydrogen-bond acceptors (Lipinski definition) is 1. The SMILES string of the molecule is CC(C)n1cncc1-c1cccc(C(F)(F)F)c1. The van der Waals surface area contributed by atoms with E-state index in [1.165, 1.54) is 6.07 Å². The van der Waals surface area contributed by atoms with Crippen LogP contribution in [0.4, 0.5) is 13.2 Å². The molecule has 0 radical (unpaired) electrons. The Morgan fingerprint density at radius 2 is 1.94 bits per heavy atom. The fourth-order valence-corrected chi connectivity index (χ4v) is 1.79. The minimum absolute atomic E-state index is 0.150. The van der Waals surface area contributed by atoms with Crippen LogP contribution in [0.2, 0.25) is 0 Å². The van der Waals surface area contributed by atoms with E-state index in [0.717, 1.165) is 12.1 Å². The molecule has 0 amide bonds. The van der Waals surface area contributed by atoms with Crippen LogP contribution in [-0.4, -0.2) is 9.55 Å². The maximum absolute atomic E-state index is 12.6. The summed E-state index contributed by atoms with van der Waals surface area (Å²) in [5, 5.41) is 0. The normalized spacial score (nSPS) is 12.1. The average molecular weight is 254 g/mol. The van der Waals surface area contributed by atoms with Crippen molar-refractivity contribution in [1.29, 1.82) is 0 Å². The first-order valence-electron chi connectivity index (χ1n) is 5.59. The van der Waals surface area contributed by atoms with E-state index in [0.29, 0.717) is 11.3 Å². The largest absolute Gasteiger partial charge is 0.416 e. The van der Waals surface area contributed by atoms with Gasteiger partial charge < -0.3 is 4.57 Å². The smallest absolute Gasteiger partial charge is 0.328 e. The Hall–Kier alpha value is -1.78. The molecule has 0 spiro atoms. The molecule has 1 aromatic heterocycles. The van der Waals surface area contributed by atoms with Gasteiger partial charge in [0.05, 0.1) is 23.8 Å². The molecule has 0 N–H and O–H groups in total. The molecular weight excluding hydrogens is 241 g/mol. The number of aromatic nitrogens is 2. The third kappa shape index (κ3) is 2.39. The van der Waals surface area contributed by atoms with Gasteiger partial charge in [0.2, 0.25) is 0 Å². The highest BCUT2D eigenvalue weighted by atomic mass is 19.4. The number of imidazole rings is 1. The highest BCUT2D eigenvalue weighted by Crippen LogP contribution is 2.32. The number of benzene rings is 1. The Kier molecular flexibility index (Phi) is 3.15. The fourth-order valence-electron chi connectivity index (χ4n) is 1.79. The second kappa shape index (κ2) is 4.48. The molecule has 96 valence electrons. The predicted octanol–water partition coefficient (Wildman–Crippen LogP) is 4.15. The first-order valence-corrected chi connectivity index (χ1v) is 5.59. The third-order valence-corrected chi connectivity index (χ3v) is 2.71. The highest BCUT2D eigenvalue weighted by Gasteiger charge is 2.30. The summed E-state index contributed by atoms with van der Waals surface area (Å²) in [5.41, 5.74) is 0.573. The van der Waals surface area contributed by atoms with Crippen LogP contribution in [0.5, 0.6) is 0 Å². The summed E-state index contributed by atoms with van der Waals surface area (Å²) in [4.78, 5) is 3.99. The lowest BCUT2D eigenvalue weighted by Gasteiger charge is -2.13. The molecule has 2 rings (SSSR count). The molecule has 2 aromatic rings. The summed E-state index contributed by atoms with van der Waals surface area (Å²) in [6, 6.07) is 5.44. The van der Waals surface area contributed by atoms with Crippen molar-refractivity contribution in [2.75, 3.05) is 0 Å². The molecule has 0 aliphatic rings. The molecule has 5 heteroatoms. The van der Waals surface area contributed by atoms with Crippen LogP contribution in [0.3, 0.4) is 0 Å². The first kappa shape index (κ1) is 12.7. The second-order valence-corrected chi connectivity index (χ2v) is 4.36. The Morgan fingerprint density at radius 1 is 1.22 bits per heavy atom. The van der Waals surface area contributed by atoms with Crippen molar-refractivity contribution in [3.8, 4) is 11.3 Å². The topological polar surface area (TPSA) is 17.8 Å². The van der Waals surface area contributed by atoms with Gasteiger partial charge in [0.25, 0.3) is 0 Å². The number of alkyl halides is 3. The first-order chi connectivity index (χ1) is 8.39. The minimum Gasteiger partial charge on any atom is -0.328 e. The van der Waals surface area contributed by atoms with Gasteiger partial charge in [-0.3, -0.25) is 0 Å². The van der Waals surface area contributed by atoms with Gasteiger partial charge in [-0.25, -0.2) is 4.98 Å². The molecule has 0 unspecified atom stereocenters. The van der Waals surface area contributed by atoms with Crippen molar-refractivity contribution in [3.63, 3.8) is 0 Å². The zero-order valence-electron chi connectivity index (χ0n) is 10.1. The van der Waals surface area contributed by atoms with Crippen LogP contribution < -0.4 is 0 Å². The lowest BCUT2D eigenvalue weighted by Crippen LogP contribution is -2.05. The van der Waals surface area contributed by atoms with Gasteiger partial charge in [-0.05, 0) is 26.0 Å². The molecular formula is C13H13F3N2. The van der Waals surface area contributed by atoms with Crippen molar-refractivity contribution in [2.45, 2.75) is 26.1 Å². The lowest BCUT2D eigenvalue weighted by atomic mass is 10.1. The van der Waals surface area contributed by atoms with Crippen molar-refractivity contribution in [1.82, 2.24) is 9.55 Å². The lowest BCUT2D eigenvalue weighted by molar-refractivity contribution is -0.137. The number of rotatable bonds is 2. The number of halogens is 3. The Bertz CT molecular complexity index is 541. The summed E-state index contributed by atoms with van der Waals surface area (Å²) in [7, 11) is 0. The van der Waals surface area contributed by atoms with E-state index >= 15 is 0 Å². The van der Waals surface area contributed by atoms with E-state index in [4.69, 9.17) is 0 Å². The molecule has 18 heavy (non-hydrogen) atoms. The number of nitrogens with zero attached hydrogens (tertiary/aromatic N) is 2. The monoisotopic (exact) mass is 254 g/mol. The van der Waals surface area contributed by atoms with E-state index in [1.807, 2.05) is 18.4 Å². The van der Waals surface area contributed by atoms with E-state index in [2.05, 4.69) is 4.98 Å². The van der Waals surface area contributed by atoms with Crippen molar-refractivity contribution >= 4 is 0 Å². The Labute approximate surface area is 103 Å². The Morgan fingerprint density at radius 3 is 2.56 bits per heavy atom. The maximum atomic E-state index is 12.6.